The first-order valence-electron chi connectivity index (χ1n) is 6.71. The fourth-order valence-corrected chi connectivity index (χ4v) is 1.72. The molecule has 2 aromatic rings. The fraction of sp³-hybridized carbons (Fsp3) is 0.125. The molecule has 0 fully saturated rings. The van der Waals surface area contributed by atoms with Crippen LogP contribution in [0, 0.1) is 6.92 Å². The van der Waals surface area contributed by atoms with Crippen LogP contribution in [0.2, 0.25) is 0 Å². The second-order valence-corrected chi connectivity index (χ2v) is 4.61. The maximum absolute atomic E-state index is 11.8. The standard InChI is InChI=1S/C16H17N3O3/c1-11-6-8-12(9-7-11)19-16(21)22-14-5-3-4-13(10-14)18-15(20)17-2/h3-10H,1-2H3,(H,19,21)(H2,17,18,20). The van der Waals surface area contributed by atoms with Crippen molar-refractivity contribution < 1.29 is 14.3 Å². The molecular weight excluding hydrogens is 282 g/mol. The third-order valence-electron chi connectivity index (χ3n) is 2.83. The average molecular weight is 299 g/mol. The van der Waals surface area contributed by atoms with Crippen LogP contribution in [0.1, 0.15) is 5.56 Å². The van der Waals surface area contributed by atoms with E-state index in [0.717, 1.165) is 5.56 Å². The van der Waals surface area contributed by atoms with E-state index in [1.54, 1.807) is 36.4 Å². The van der Waals surface area contributed by atoms with Gasteiger partial charge in [0, 0.05) is 24.5 Å². The highest BCUT2D eigenvalue weighted by molar-refractivity contribution is 5.90. The van der Waals surface area contributed by atoms with Gasteiger partial charge in [-0.25, -0.2) is 9.59 Å². The van der Waals surface area contributed by atoms with E-state index >= 15 is 0 Å². The van der Waals surface area contributed by atoms with Crippen LogP contribution < -0.4 is 20.7 Å². The molecule has 0 aliphatic carbocycles. The van der Waals surface area contributed by atoms with Crippen molar-refractivity contribution in [1.82, 2.24) is 5.32 Å². The summed E-state index contributed by atoms with van der Waals surface area (Å²) in [5.41, 5.74) is 2.28. The number of carbonyl (C=O) groups is 2. The molecule has 0 heterocycles. The van der Waals surface area contributed by atoms with E-state index in [1.165, 1.54) is 7.05 Å². The third-order valence-corrected chi connectivity index (χ3v) is 2.83. The maximum atomic E-state index is 11.8. The number of carbonyl (C=O) groups excluding carboxylic acids is 2. The first-order valence-corrected chi connectivity index (χ1v) is 6.71. The molecule has 0 aliphatic rings. The zero-order chi connectivity index (χ0) is 15.9. The van der Waals surface area contributed by atoms with Crippen molar-refractivity contribution in [3.8, 4) is 5.75 Å². The van der Waals surface area contributed by atoms with E-state index in [4.69, 9.17) is 4.74 Å². The highest BCUT2D eigenvalue weighted by atomic mass is 16.6. The van der Waals surface area contributed by atoms with Crippen LogP contribution in [0.25, 0.3) is 0 Å². The summed E-state index contributed by atoms with van der Waals surface area (Å²) in [6.07, 6.45) is -0.596. The number of hydrogen-bond donors (Lipinski definition) is 3. The van der Waals surface area contributed by atoms with Crippen LogP contribution in [0.5, 0.6) is 5.75 Å². The lowest BCUT2D eigenvalue weighted by molar-refractivity contribution is 0.215. The second-order valence-electron chi connectivity index (χ2n) is 4.61. The molecule has 0 spiro atoms. The molecule has 3 amide bonds. The Morgan fingerprint density at radius 3 is 2.36 bits per heavy atom. The molecule has 2 aromatic carbocycles. The molecule has 0 saturated heterocycles. The van der Waals surface area contributed by atoms with Gasteiger partial charge in [-0.1, -0.05) is 23.8 Å². The maximum Gasteiger partial charge on any atom is 0.417 e. The zero-order valence-electron chi connectivity index (χ0n) is 12.3. The molecule has 6 nitrogen and oxygen atoms in total. The van der Waals surface area contributed by atoms with Crippen molar-refractivity contribution in [1.29, 1.82) is 0 Å². The molecule has 0 saturated carbocycles. The molecule has 0 aromatic heterocycles. The first kappa shape index (κ1) is 15.4. The summed E-state index contributed by atoms with van der Waals surface area (Å²) in [6, 6.07) is 13.6. The van der Waals surface area contributed by atoms with Gasteiger partial charge in [-0.3, -0.25) is 5.32 Å². The van der Waals surface area contributed by atoms with Gasteiger partial charge >= 0.3 is 12.1 Å². The Hall–Kier alpha value is -3.02. The lowest BCUT2D eigenvalue weighted by atomic mass is 10.2. The number of hydrogen-bond acceptors (Lipinski definition) is 3. The van der Waals surface area contributed by atoms with Crippen LogP contribution in [-0.2, 0) is 0 Å². The van der Waals surface area contributed by atoms with Gasteiger partial charge in [0.2, 0.25) is 0 Å². The summed E-state index contributed by atoms with van der Waals surface area (Å²) < 4.78 is 5.18. The minimum atomic E-state index is -0.596. The molecule has 3 N–H and O–H groups in total. The highest BCUT2D eigenvalue weighted by Crippen LogP contribution is 2.18. The van der Waals surface area contributed by atoms with E-state index in [2.05, 4.69) is 16.0 Å². The number of aryl methyl sites for hydroxylation is 1. The molecular formula is C16H17N3O3. The molecule has 0 bridgehead atoms. The van der Waals surface area contributed by atoms with Crippen molar-refractivity contribution in [2.45, 2.75) is 6.92 Å². The summed E-state index contributed by atoms with van der Waals surface area (Å²) in [5.74, 6) is 0.332. The van der Waals surface area contributed by atoms with Crippen molar-refractivity contribution in [3.63, 3.8) is 0 Å². The topological polar surface area (TPSA) is 79.5 Å². The van der Waals surface area contributed by atoms with Gasteiger partial charge in [0.25, 0.3) is 0 Å². The summed E-state index contributed by atoms with van der Waals surface area (Å²) in [5, 5.41) is 7.67. The van der Waals surface area contributed by atoms with Crippen LogP contribution >= 0.6 is 0 Å². The monoisotopic (exact) mass is 299 g/mol. The van der Waals surface area contributed by atoms with Gasteiger partial charge in [-0.2, -0.15) is 0 Å². The Labute approximate surface area is 128 Å². The van der Waals surface area contributed by atoms with Crippen LogP contribution in [0.15, 0.2) is 48.5 Å². The Kier molecular flexibility index (Phi) is 4.98. The molecule has 0 radical (unpaired) electrons. The quantitative estimate of drug-likeness (QED) is 0.813. The molecule has 114 valence electrons. The molecule has 0 atom stereocenters. The molecule has 0 aliphatic heterocycles. The van der Waals surface area contributed by atoms with E-state index in [1.807, 2.05) is 19.1 Å². The normalized spacial score (nSPS) is 9.73. The van der Waals surface area contributed by atoms with Gasteiger partial charge in [-0.05, 0) is 31.2 Å². The third kappa shape index (κ3) is 4.52. The van der Waals surface area contributed by atoms with Gasteiger partial charge < -0.3 is 15.4 Å². The fourth-order valence-electron chi connectivity index (χ4n) is 1.72. The highest BCUT2D eigenvalue weighted by Gasteiger charge is 2.06. The Morgan fingerprint density at radius 2 is 1.68 bits per heavy atom. The summed E-state index contributed by atoms with van der Waals surface area (Å²) >= 11 is 0. The summed E-state index contributed by atoms with van der Waals surface area (Å²) in [6.45, 7) is 1.97. The number of amides is 3. The SMILES string of the molecule is CNC(=O)Nc1cccc(OC(=O)Nc2ccc(C)cc2)c1. The van der Waals surface area contributed by atoms with E-state index < -0.39 is 6.09 Å². The number of rotatable bonds is 3. The smallest absolute Gasteiger partial charge is 0.410 e. The van der Waals surface area contributed by atoms with Gasteiger partial charge in [-0.15, -0.1) is 0 Å². The lowest BCUT2D eigenvalue weighted by Gasteiger charge is -2.09. The molecule has 2 rings (SSSR count). The summed E-state index contributed by atoms with van der Waals surface area (Å²) in [4.78, 5) is 23.1. The van der Waals surface area contributed by atoms with Crippen LogP contribution in [0.3, 0.4) is 0 Å². The number of benzene rings is 2. The molecule has 22 heavy (non-hydrogen) atoms. The Morgan fingerprint density at radius 1 is 0.955 bits per heavy atom. The van der Waals surface area contributed by atoms with Crippen molar-refractivity contribution in [2.24, 2.45) is 0 Å². The molecule has 6 heteroatoms. The van der Waals surface area contributed by atoms with Crippen molar-refractivity contribution in [3.05, 3.63) is 54.1 Å². The van der Waals surface area contributed by atoms with Crippen LogP contribution in [0.4, 0.5) is 21.0 Å². The van der Waals surface area contributed by atoms with E-state index in [0.29, 0.717) is 17.1 Å². The van der Waals surface area contributed by atoms with Gasteiger partial charge in [0.15, 0.2) is 0 Å². The number of ether oxygens (including phenoxy) is 1. The Balaban J connectivity index is 1.97. The van der Waals surface area contributed by atoms with Gasteiger partial charge in [0.1, 0.15) is 5.75 Å². The van der Waals surface area contributed by atoms with Crippen molar-refractivity contribution >= 4 is 23.5 Å². The number of anilines is 2. The van der Waals surface area contributed by atoms with Crippen LogP contribution in [-0.4, -0.2) is 19.2 Å². The zero-order valence-corrected chi connectivity index (χ0v) is 12.3. The van der Waals surface area contributed by atoms with Crippen molar-refractivity contribution in [2.75, 3.05) is 17.7 Å². The minimum Gasteiger partial charge on any atom is -0.410 e. The Bertz CT molecular complexity index is 669. The second kappa shape index (κ2) is 7.12. The first-order chi connectivity index (χ1) is 10.6. The predicted octanol–water partition coefficient (Wildman–Crippen LogP) is 3.36. The predicted molar refractivity (Wildman–Crippen MR) is 85.3 cm³/mol. The number of urea groups is 1. The lowest BCUT2D eigenvalue weighted by Crippen LogP contribution is -2.24. The van der Waals surface area contributed by atoms with E-state index in [9.17, 15) is 9.59 Å². The largest absolute Gasteiger partial charge is 0.417 e. The minimum absolute atomic E-state index is 0.332. The summed E-state index contributed by atoms with van der Waals surface area (Å²) in [7, 11) is 1.52. The average Bonchev–Trinajstić information content (AvgIpc) is 2.49. The molecule has 0 unspecified atom stereocenters. The van der Waals surface area contributed by atoms with Gasteiger partial charge in [0.05, 0.1) is 0 Å². The van der Waals surface area contributed by atoms with E-state index in [-0.39, 0.29) is 6.03 Å². The number of nitrogens with one attached hydrogen (secondary N) is 3.